The summed E-state index contributed by atoms with van der Waals surface area (Å²) in [6.07, 6.45) is 4.09. The van der Waals surface area contributed by atoms with Gasteiger partial charge in [-0.3, -0.25) is 0 Å². The maximum atomic E-state index is 12.4. The van der Waals surface area contributed by atoms with Gasteiger partial charge in [0.2, 0.25) is 0 Å². The summed E-state index contributed by atoms with van der Waals surface area (Å²) < 4.78 is 34.5. The van der Waals surface area contributed by atoms with Crippen molar-refractivity contribution in [3.05, 3.63) is 0 Å². The van der Waals surface area contributed by atoms with Crippen molar-refractivity contribution < 1.29 is 13.2 Å². The Morgan fingerprint density at radius 2 is 2.11 bits per heavy atom. The van der Waals surface area contributed by atoms with Gasteiger partial charge in [0.05, 0.1) is 12.7 Å². The molecule has 3 unspecified atom stereocenters. The minimum absolute atomic E-state index is 0.0121. The standard InChI is InChI=1S/C12H25N3O3S/c1-10-9-15(6-7-18-10)19(16,17)14-12-5-3-2-4-11(12)8-13/h10-12,14H,2-9,13H2,1H3. The number of nitrogens with zero attached hydrogens (tertiary/aromatic N) is 1. The number of hydrogen-bond donors (Lipinski definition) is 2. The van der Waals surface area contributed by atoms with Gasteiger partial charge in [-0.25, -0.2) is 0 Å². The lowest BCUT2D eigenvalue weighted by Gasteiger charge is -2.35. The molecule has 0 spiro atoms. The zero-order chi connectivity index (χ0) is 13.9. The summed E-state index contributed by atoms with van der Waals surface area (Å²) in [7, 11) is -3.41. The van der Waals surface area contributed by atoms with Crippen LogP contribution < -0.4 is 10.5 Å². The fourth-order valence-corrected chi connectivity index (χ4v) is 4.48. The van der Waals surface area contributed by atoms with E-state index >= 15 is 0 Å². The van der Waals surface area contributed by atoms with Gasteiger partial charge in [0.1, 0.15) is 0 Å². The number of hydrogen-bond acceptors (Lipinski definition) is 4. The molecule has 3 N–H and O–H groups in total. The first-order chi connectivity index (χ1) is 9.03. The molecule has 1 saturated heterocycles. The van der Waals surface area contributed by atoms with Crippen LogP contribution in [0, 0.1) is 5.92 Å². The predicted molar refractivity (Wildman–Crippen MR) is 73.8 cm³/mol. The van der Waals surface area contributed by atoms with Crippen LogP contribution in [0.15, 0.2) is 0 Å². The van der Waals surface area contributed by atoms with Crippen molar-refractivity contribution in [3.8, 4) is 0 Å². The normalized spacial score (nSPS) is 34.3. The highest BCUT2D eigenvalue weighted by atomic mass is 32.2. The summed E-state index contributed by atoms with van der Waals surface area (Å²) in [5.74, 6) is 0.266. The molecule has 1 saturated carbocycles. The molecule has 19 heavy (non-hydrogen) atoms. The second-order valence-corrected chi connectivity index (χ2v) is 7.25. The van der Waals surface area contributed by atoms with Crippen molar-refractivity contribution in [2.24, 2.45) is 11.7 Å². The van der Waals surface area contributed by atoms with E-state index in [2.05, 4.69) is 4.72 Å². The maximum absolute atomic E-state index is 12.4. The van der Waals surface area contributed by atoms with Gasteiger partial charge in [-0.15, -0.1) is 0 Å². The van der Waals surface area contributed by atoms with Crippen LogP contribution in [0.5, 0.6) is 0 Å². The van der Waals surface area contributed by atoms with E-state index in [1.54, 1.807) is 0 Å². The van der Waals surface area contributed by atoms with Gasteiger partial charge in [-0.05, 0) is 32.2 Å². The molecule has 0 aromatic rings. The fourth-order valence-electron chi connectivity index (χ4n) is 2.92. The SMILES string of the molecule is CC1CN(S(=O)(=O)NC2CCCCC2CN)CCO1. The third-order valence-corrected chi connectivity index (χ3v) is 5.67. The first-order valence-corrected chi connectivity index (χ1v) is 8.56. The van der Waals surface area contributed by atoms with Crippen molar-refractivity contribution in [3.63, 3.8) is 0 Å². The van der Waals surface area contributed by atoms with Crippen molar-refractivity contribution in [2.45, 2.75) is 44.8 Å². The van der Waals surface area contributed by atoms with E-state index in [0.717, 1.165) is 25.7 Å². The minimum atomic E-state index is -3.41. The van der Waals surface area contributed by atoms with E-state index in [9.17, 15) is 8.42 Å². The molecule has 6 nitrogen and oxygen atoms in total. The summed E-state index contributed by atoms with van der Waals surface area (Å²) in [5.41, 5.74) is 5.74. The zero-order valence-corrected chi connectivity index (χ0v) is 12.4. The predicted octanol–water partition coefficient (Wildman–Crippen LogP) is 0.0590. The Kier molecular flexibility index (Phi) is 5.19. The lowest BCUT2D eigenvalue weighted by atomic mass is 9.85. The highest BCUT2D eigenvalue weighted by Gasteiger charge is 2.33. The largest absolute Gasteiger partial charge is 0.376 e. The van der Waals surface area contributed by atoms with Crippen LogP contribution >= 0.6 is 0 Å². The summed E-state index contributed by atoms with van der Waals surface area (Å²) in [6.45, 7) is 3.76. The molecule has 0 bridgehead atoms. The Labute approximate surface area is 115 Å². The third kappa shape index (κ3) is 3.88. The molecule has 0 radical (unpaired) electrons. The summed E-state index contributed by atoms with van der Waals surface area (Å²) in [5, 5.41) is 0. The molecular weight excluding hydrogens is 266 g/mol. The van der Waals surface area contributed by atoms with Gasteiger partial charge < -0.3 is 10.5 Å². The molecule has 1 aliphatic carbocycles. The molecule has 2 fully saturated rings. The monoisotopic (exact) mass is 291 g/mol. The van der Waals surface area contributed by atoms with Crippen LogP contribution in [-0.4, -0.2) is 51.1 Å². The van der Waals surface area contributed by atoms with Gasteiger partial charge in [-0.1, -0.05) is 12.8 Å². The smallest absolute Gasteiger partial charge is 0.279 e. The summed E-state index contributed by atoms with van der Waals surface area (Å²) in [6, 6.07) is -0.0121. The molecule has 1 heterocycles. The van der Waals surface area contributed by atoms with Gasteiger partial charge in [0, 0.05) is 19.1 Å². The maximum Gasteiger partial charge on any atom is 0.279 e. The first-order valence-electron chi connectivity index (χ1n) is 7.12. The van der Waals surface area contributed by atoms with Crippen LogP contribution in [0.3, 0.4) is 0 Å². The van der Waals surface area contributed by atoms with E-state index in [-0.39, 0.29) is 18.1 Å². The van der Waals surface area contributed by atoms with E-state index in [4.69, 9.17) is 10.5 Å². The molecule has 2 rings (SSSR count). The summed E-state index contributed by atoms with van der Waals surface area (Å²) in [4.78, 5) is 0. The summed E-state index contributed by atoms with van der Waals surface area (Å²) >= 11 is 0. The molecule has 0 aromatic carbocycles. The average molecular weight is 291 g/mol. The average Bonchev–Trinajstić information content (AvgIpc) is 2.39. The number of ether oxygens (including phenoxy) is 1. The lowest BCUT2D eigenvalue weighted by molar-refractivity contribution is 0.00951. The minimum Gasteiger partial charge on any atom is -0.376 e. The second-order valence-electron chi connectivity index (χ2n) is 5.55. The zero-order valence-electron chi connectivity index (χ0n) is 11.5. The van der Waals surface area contributed by atoms with E-state index in [1.807, 2.05) is 6.92 Å². The Bertz CT molecular complexity index is 388. The van der Waals surface area contributed by atoms with Gasteiger partial charge in [0.15, 0.2) is 0 Å². The van der Waals surface area contributed by atoms with Crippen LogP contribution in [-0.2, 0) is 14.9 Å². The Morgan fingerprint density at radius 1 is 1.37 bits per heavy atom. The molecule has 112 valence electrons. The van der Waals surface area contributed by atoms with Gasteiger partial charge >= 0.3 is 0 Å². The van der Waals surface area contributed by atoms with E-state index in [1.165, 1.54) is 4.31 Å². The molecule has 1 aliphatic heterocycles. The molecule has 3 atom stereocenters. The molecule has 0 aromatic heterocycles. The van der Waals surface area contributed by atoms with E-state index in [0.29, 0.717) is 26.2 Å². The van der Waals surface area contributed by atoms with Crippen molar-refractivity contribution in [2.75, 3.05) is 26.2 Å². The quantitative estimate of drug-likeness (QED) is 0.767. The van der Waals surface area contributed by atoms with Crippen molar-refractivity contribution in [1.29, 1.82) is 0 Å². The van der Waals surface area contributed by atoms with Gasteiger partial charge in [0.25, 0.3) is 10.2 Å². The molecule has 2 aliphatic rings. The fraction of sp³-hybridized carbons (Fsp3) is 1.00. The van der Waals surface area contributed by atoms with Crippen molar-refractivity contribution >= 4 is 10.2 Å². The second kappa shape index (κ2) is 6.49. The molecular formula is C12H25N3O3S. The van der Waals surface area contributed by atoms with E-state index < -0.39 is 10.2 Å². The number of rotatable bonds is 4. The number of morpholine rings is 1. The van der Waals surface area contributed by atoms with Crippen LogP contribution in [0.2, 0.25) is 0 Å². The van der Waals surface area contributed by atoms with Gasteiger partial charge in [-0.2, -0.15) is 17.4 Å². The first kappa shape index (κ1) is 15.2. The van der Waals surface area contributed by atoms with Crippen molar-refractivity contribution in [1.82, 2.24) is 9.03 Å². The third-order valence-electron chi connectivity index (χ3n) is 4.06. The Morgan fingerprint density at radius 3 is 2.79 bits per heavy atom. The number of nitrogens with one attached hydrogen (secondary N) is 1. The topological polar surface area (TPSA) is 84.7 Å². The molecule has 7 heteroatoms. The van der Waals surface area contributed by atoms with Crippen LogP contribution in [0.1, 0.15) is 32.6 Å². The van der Waals surface area contributed by atoms with Crippen LogP contribution in [0.25, 0.3) is 0 Å². The number of nitrogens with two attached hydrogens (primary N) is 1. The molecule has 0 amide bonds. The Balaban J connectivity index is 1.99. The van der Waals surface area contributed by atoms with Crippen LogP contribution in [0.4, 0.5) is 0 Å². The Hall–Kier alpha value is -0.210. The highest BCUT2D eigenvalue weighted by molar-refractivity contribution is 7.87. The lowest BCUT2D eigenvalue weighted by Crippen LogP contribution is -2.54. The highest BCUT2D eigenvalue weighted by Crippen LogP contribution is 2.24.